The Balaban J connectivity index is 1.50. The second kappa shape index (κ2) is 9.99. The molecule has 2 atom stereocenters. The van der Waals surface area contributed by atoms with Crippen LogP contribution in [0.2, 0.25) is 0 Å². The number of fused-ring (bicyclic) bond motifs is 1. The SMILES string of the molecule is N=C(N)c1ccc2c(c1)C(c1ccccc1)CC(NC(=O)c1cc(C(N)=O)ccc1-c1ccccc1)N2. The summed E-state index contributed by atoms with van der Waals surface area (Å²) in [6.45, 7) is 0. The number of anilines is 1. The van der Waals surface area contributed by atoms with Crippen molar-refractivity contribution in [3.63, 3.8) is 0 Å². The summed E-state index contributed by atoms with van der Waals surface area (Å²) in [5, 5.41) is 14.4. The number of nitrogens with two attached hydrogens (primary N) is 2. The molecule has 5 rings (SSSR count). The topological polar surface area (TPSA) is 134 Å². The molecule has 7 N–H and O–H groups in total. The molecule has 7 heteroatoms. The predicted molar refractivity (Wildman–Crippen MR) is 146 cm³/mol. The van der Waals surface area contributed by atoms with Gasteiger partial charge in [0, 0.05) is 28.3 Å². The fourth-order valence-corrected chi connectivity index (χ4v) is 4.85. The third-order valence-electron chi connectivity index (χ3n) is 6.68. The molecule has 0 fully saturated rings. The van der Waals surface area contributed by atoms with Crippen LogP contribution < -0.4 is 22.1 Å². The van der Waals surface area contributed by atoms with Gasteiger partial charge in [-0.05, 0) is 59.0 Å². The number of benzene rings is 4. The van der Waals surface area contributed by atoms with Gasteiger partial charge in [-0.15, -0.1) is 0 Å². The highest BCUT2D eigenvalue weighted by molar-refractivity contribution is 6.04. The molecule has 0 saturated heterocycles. The summed E-state index contributed by atoms with van der Waals surface area (Å²) in [4.78, 5) is 25.5. The van der Waals surface area contributed by atoms with E-state index in [4.69, 9.17) is 16.9 Å². The molecular weight excluding hydrogens is 462 g/mol. The van der Waals surface area contributed by atoms with E-state index < -0.39 is 5.91 Å². The Morgan fingerprint density at radius 3 is 2.19 bits per heavy atom. The van der Waals surface area contributed by atoms with E-state index in [0.29, 0.717) is 23.1 Å². The first-order chi connectivity index (χ1) is 17.9. The van der Waals surface area contributed by atoms with E-state index in [0.717, 1.165) is 22.4 Å². The smallest absolute Gasteiger partial charge is 0.253 e. The van der Waals surface area contributed by atoms with E-state index in [2.05, 4.69) is 22.8 Å². The number of nitrogen functional groups attached to an aromatic ring is 1. The fraction of sp³-hybridized carbons (Fsp3) is 0.100. The summed E-state index contributed by atoms with van der Waals surface area (Å²) in [6.07, 6.45) is 0.203. The van der Waals surface area contributed by atoms with E-state index in [9.17, 15) is 9.59 Å². The van der Waals surface area contributed by atoms with E-state index in [1.54, 1.807) is 24.3 Å². The van der Waals surface area contributed by atoms with Crippen LogP contribution in [0.4, 0.5) is 5.69 Å². The first-order valence-electron chi connectivity index (χ1n) is 12.0. The number of carbonyl (C=O) groups is 2. The van der Waals surface area contributed by atoms with Crippen LogP contribution in [0.3, 0.4) is 0 Å². The maximum atomic E-state index is 13.6. The molecule has 0 saturated carbocycles. The molecule has 0 radical (unpaired) electrons. The number of hydrogen-bond acceptors (Lipinski definition) is 4. The van der Waals surface area contributed by atoms with Crippen molar-refractivity contribution in [1.82, 2.24) is 5.32 Å². The number of primary amides is 1. The molecule has 184 valence electrons. The fourth-order valence-electron chi connectivity index (χ4n) is 4.85. The maximum Gasteiger partial charge on any atom is 0.253 e. The number of amides is 2. The third-order valence-corrected chi connectivity index (χ3v) is 6.68. The summed E-state index contributed by atoms with van der Waals surface area (Å²) in [5.74, 6) is -0.917. The Kier molecular flexibility index (Phi) is 6.43. The van der Waals surface area contributed by atoms with Crippen molar-refractivity contribution < 1.29 is 9.59 Å². The summed E-state index contributed by atoms with van der Waals surface area (Å²) >= 11 is 0. The molecule has 4 aromatic carbocycles. The minimum absolute atomic E-state index is 0.00723. The van der Waals surface area contributed by atoms with Gasteiger partial charge < -0.3 is 22.1 Å². The number of nitrogens with one attached hydrogen (secondary N) is 3. The first kappa shape index (κ1) is 23.8. The van der Waals surface area contributed by atoms with E-state index >= 15 is 0 Å². The van der Waals surface area contributed by atoms with Crippen LogP contribution in [0.25, 0.3) is 11.1 Å². The van der Waals surface area contributed by atoms with Crippen molar-refractivity contribution in [2.75, 3.05) is 5.32 Å². The minimum Gasteiger partial charge on any atom is -0.384 e. The lowest BCUT2D eigenvalue weighted by molar-refractivity contribution is 0.0939. The van der Waals surface area contributed by atoms with Crippen LogP contribution in [0.1, 0.15) is 49.7 Å². The number of rotatable bonds is 6. The lowest BCUT2D eigenvalue weighted by Gasteiger charge is -2.34. The highest BCUT2D eigenvalue weighted by Crippen LogP contribution is 2.39. The molecule has 37 heavy (non-hydrogen) atoms. The summed E-state index contributed by atoms with van der Waals surface area (Å²) in [7, 11) is 0. The summed E-state index contributed by atoms with van der Waals surface area (Å²) in [6, 6.07) is 30.2. The first-order valence-corrected chi connectivity index (χ1v) is 12.0. The third kappa shape index (κ3) is 4.92. The van der Waals surface area contributed by atoms with Crippen molar-refractivity contribution in [3.05, 3.63) is 125 Å². The predicted octanol–water partition coefficient (Wildman–Crippen LogP) is 4.44. The Hall–Kier alpha value is -4.91. The highest BCUT2D eigenvalue weighted by Gasteiger charge is 2.30. The number of hydrogen-bond donors (Lipinski definition) is 5. The van der Waals surface area contributed by atoms with Gasteiger partial charge in [0.05, 0.1) is 6.17 Å². The molecular formula is C30H27N5O2. The van der Waals surface area contributed by atoms with Gasteiger partial charge in [-0.25, -0.2) is 0 Å². The van der Waals surface area contributed by atoms with Crippen LogP contribution in [0, 0.1) is 5.41 Å². The molecule has 0 aromatic heterocycles. The van der Waals surface area contributed by atoms with Crippen LogP contribution >= 0.6 is 0 Å². The lowest BCUT2D eigenvalue weighted by Crippen LogP contribution is -2.44. The van der Waals surface area contributed by atoms with E-state index in [1.807, 2.05) is 60.7 Å². The van der Waals surface area contributed by atoms with E-state index in [-0.39, 0.29) is 29.4 Å². The zero-order valence-electron chi connectivity index (χ0n) is 20.1. The van der Waals surface area contributed by atoms with Gasteiger partial charge in [0.15, 0.2) is 0 Å². The molecule has 0 aliphatic carbocycles. The van der Waals surface area contributed by atoms with Crippen molar-refractivity contribution in [2.24, 2.45) is 11.5 Å². The van der Waals surface area contributed by atoms with Gasteiger partial charge in [-0.3, -0.25) is 15.0 Å². The molecule has 1 heterocycles. The zero-order chi connectivity index (χ0) is 25.9. The van der Waals surface area contributed by atoms with Crippen molar-refractivity contribution in [1.29, 1.82) is 5.41 Å². The Labute approximate surface area is 215 Å². The molecule has 1 aliphatic heterocycles. The average Bonchev–Trinajstić information content (AvgIpc) is 2.92. The summed E-state index contributed by atoms with van der Waals surface area (Å²) in [5.41, 5.74) is 17.1. The Morgan fingerprint density at radius 2 is 1.51 bits per heavy atom. The molecule has 4 aromatic rings. The molecule has 7 nitrogen and oxygen atoms in total. The Morgan fingerprint density at radius 1 is 0.838 bits per heavy atom. The molecule has 1 aliphatic rings. The molecule has 2 amide bonds. The van der Waals surface area contributed by atoms with Crippen molar-refractivity contribution in [2.45, 2.75) is 18.5 Å². The number of carbonyl (C=O) groups excluding carboxylic acids is 2. The van der Waals surface area contributed by atoms with Gasteiger partial charge in [0.2, 0.25) is 5.91 Å². The largest absolute Gasteiger partial charge is 0.384 e. The number of amidine groups is 1. The summed E-state index contributed by atoms with van der Waals surface area (Å²) < 4.78 is 0. The molecule has 0 bridgehead atoms. The molecule has 2 unspecified atom stereocenters. The maximum absolute atomic E-state index is 13.6. The normalized spacial score (nSPS) is 16.2. The van der Waals surface area contributed by atoms with Crippen LogP contribution in [-0.2, 0) is 0 Å². The zero-order valence-corrected chi connectivity index (χ0v) is 20.1. The Bertz CT molecular complexity index is 1480. The van der Waals surface area contributed by atoms with Crippen molar-refractivity contribution >= 4 is 23.3 Å². The monoisotopic (exact) mass is 489 g/mol. The van der Waals surface area contributed by atoms with Gasteiger partial charge in [-0.2, -0.15) is 0 Å². The average molecular weight is 490 g/mol. The van der Waals surface area contributed by atoms with Gasteiger partial charge in [0.25, 0.3) is 5.91 Å². The quantitative estimate of drug-likeness (QED) is 0.202. The van der Waals surface area contributed by atoms with Gasteiger partial charge in [-0.1, -0.05) is 66.7 Å². The minimum atomic E-state index is -0.594. The highest BCUT2D eigenvalue weighted by atomic mass is 16.2. The van der Waals surface area contributed by atoms with Gasteiger partial charge >= 0.3 is 0 Å². The lowest BCUT2D eigenvalue weighted by atomic mass is 9.83. The van der Waals surface area contributed by atoms with Gasteiger partial charge in [0.1, 0.15) is 5.84 Å². The molecule has 0 spiro atoms. The standard InChI is InChI=1S/C30H27N5O2/c31-28(32)20-12-14-26-24(15-20)23(19-9-5-2-6-10-19)17-27(34-26)35-30(37)25-16-21(29(33)36)11-13-22(25)18-7-3-1-4-8-18/h1-16,23,27,34H,17H2,(H3,31,32)(H2,33,36)(H,35,37). The van der Waals surface area contributed by atoms with Crippen LogP contribution in [0.5, 0.6) is 0 Å². The van der Waals surface area contributed by atoms with E-state index in [1.165, 1.54) is 0 Å². The van der Waals surface area contributed by atoms with Crippen molar-refractivity contribution in [3.8, 4) is 11.1 Å². The second-order valence-corrected chi connectivity index (χ2v) is 9.08. The second-order valence-electron chi connectivity index (χ2n) is 9.08. The van der Waals surface area contributed by atoms with Crippen LogP contribution in [-0.4, -0.2) is 23.8 Å². The van der Waals surface area contributed by atoms with Crippen LogP contribution in [0.15, 0.2) is 97.1 Å².